The predicted octanol–water partition coefficient (Wildman–Crippen LogP) is 1.56. The minimum atomic E-state index is 0.0477. The molecule has 1 aliphatic carbocycles. The maximum Gasteiger partial charge on any atom is 0.0463 e. The second kappa shape index (κ2) is 5.93. The first-order chi connectivity index (χ1) is 7.22. The van der Waals surface area contributed by atoms with E-state index in [1.54, 1.807) is 7.11 Å². The van der Waals surface area contributed by atoms with Crippen molar-refractivity contribution in [2.75, 3.05) is 20.3 Å². The minimum Gasteiger partial charge on any atom is -0.402 e. The monoisotopic (exact) mass is 210 g/mol. The van der Waals surface area contributed by atoms with Crippen LogP contribution in [-0.2, 0) is 4.74 Å². The van der Waals surface area contributed by atoms with Gasteiger partial charge in [-0.25, -0.2) is 0 Å². The molecule has 0 saturated carbocycles. The molecular weight excluding hydrogens is 188 g/mol. The van der Waals surface area contributed by atoms with Crippen LogP contribution in [0.25, 0.3) is 0 Å². The van der Waals surface area contributed by atoms with Crippen molar-refractivity contribution in [1.82, 2.24) is 5.32 Å². The van der Waals surface area contributed by atoms with Gasteiger partial charge in [-0.2, -0.15) is 0 Å². The van der Waals surface area contributed by atoms with Gasteiger partial charge in [-0.1, -0.05) is 19.1 Å². The number of allylic oxidation sites excluding steroid dienone is 2. The summed E-state index contributed by atoms with van der Waals surface area (Å²) in [6, 6.07) is 0. The lowest BCUT2D eigenvalue weighted by Crippen LogP contribution is -2.45. The fourth-order valence-corrected chi connectivity index (χ4v) is 2.10. The molecule has 0 saturated heterocycles. The average Bonchev–Trinajstić information content (AvgIpc) is 2.18. The maximum atomic E-state index is 5.88. The summed E-state index contributed by atoms with van der Waals surface area (Å²) in [5.74, 6) is 0. The van der Waals surface area contributed by atoms with E-state index in [2.05, 4.69) is 18.3 Å². The largest absolute Gasteiger partial charge is 0.402 e. The van der Waals surface area contributed by atoms with Crippen molar-refractivity contribution in [2.24, 2.45) is 5.73 Å². The lowest BCUT2D eigenvalue weighted by atomic mass is 9.85. The van der Waals surface area contributed by atoms with Gasteiger partial charge in [-0.3, -0.25) is 0 Å². The van der Waals surface area contributed by atoms with Gasteiger partial charge in [0.05, 0.1) is 0 Å². The lowest BCUT2D eigenvalue weighted by Gasteiger charge is -2.34. The Labute approximate surface area is 92.4 Å². The first-order valence-electron chi connectivity index (χ1n) is 5.60. The third-order valence-electron chi connectivity index (χ3n) is 2.75. The number of nitrogens with two attached hydrogens (primary N) is 1. The van der Waals surface area contributed by atoms with Crippen LogP contribution in [0.5, 0.6) is 0 Å². The number of methoxy groups -OCH3 is 1. The number of ether oxygens (including phenoxy) is 1. The fraction of sp³-hybridized carbons (Fsp3) is 0.667. The molecule has 3 nitrogen and oxygen atoms in total. The summed E-state index contributed by atoms with van der Waals surface area (Å²) >= 11 is 0. The van der Waals surface area contributed by atoms with Crippen LogP contribution in [0.3, 0.4) is 0 Å². The van der Waals surface area contributed by atoms with Crippen LogP contribution in [-0.4, -0.2) is 25.8 Å². The molecule has 0 amide bonds. The van der Waals surface area contributed by atoms with Crippen molar-refractivity contribution in [3.8, 4) is 0 Å². The second-order valence-electron chi connectivity index (χ2n) is 4.06. The Morgan fingerprint density at radius 2 is 2.40 bits per heavy atom. The Bertz CT molecular complexity index is 248. The molecule has 1 aliphatic rings. The van der Waals surface area contributed by atoms with E-state index < -0.39 is 0 Å². The van der Waals surface area contributed by atoms with E-state index in [1.165, 1.54) is 0 Å². The van der Waals surface area contributed by atoms with Crippen LogP contribution >= 0.6 is 0 Å². The Kier molecular flexibility index (Phi) is 4.85. The van der Waals surface area contributed by atoms with Gasteiger partial charge >= 0.3 is 0 Å². The predicted molar refractivity (Wildman–Crippen MR) is 63.5 cm³/mol. The highest BCUT2D eigenvalue weighted by molar-refractivity contribution is 5.25. The van der Waals surface area contributed by atoms with Gasteiger partial charge in [0.1, 0.15) is 0 Å². The van der Waals surface area contributed by atoms with Crippen molar-refractivity contribution in [2.45, 2.75) is 31.7 Å². The quantitative estimate of drug-likeness (QED) is 0.654. The molecule has 3 N–H and O–H groups in total. The average molecular weight is 210 g/mol. The van der Waals surface area contributed by atoms with Gasteiger partial charge < -0.3 is 15.8 Å². The van der Waals surface area contributed by atoms with Crippen LogP contribution in [0.15, 0.2) is 23.9 Å². The summed E-state index contributed by atoms with van der Waals surface area (Å²) in [5, 5.41) is 3.52. The molecule has 0 aromatic heterocycles. The van der Waals surface area contributed by atoms with Gasteiger partial charge in [-0.05, 0) is 25.5 Å². The zero-order chi connectivity index (χ0) is 11.1. The summed E-state index contributed by atoms with van der Waals surface area (Å²) < 4.78 is 5.09. The molecule has 86 valence electrons. The smallest absolute Gasteiger partial charge is 0.0463 e. The van der Waals surface area contributed by atoms with Gasteiger partial charge in [0.15, 0.2) is 0 Å². The highest BCUT2D eigenvalue weighted by atomic mass is 16.5. The van der Waals surface area contributed by atoms with Crippen molar-refractivity contribution in [3.63, 3.8) is 0 Å². The van der Waals surface area contributed by atoms with Crippen molar-refractivity contribution in [1.29, 1.82) is 0 Å². The molecule has 1 atom stereocenters. The van der Waals surface area contributed by atoms with Crippen molar-refractivity contribution in [3.05, 3.63) is 23.9 Å². The molecule has 1 rings (SSSR count). The van der Waals surface area contributed by atoms with Crippen LogP contribution < -0.4 is 11.1 Å². The fourth-order valence-electron chi connectivity index (χ4n) is 2.10. The summed E-state index contributed by atoms with van der Waals surface area (Å²) in [6.45, 7) is 3.90. The lowest BCUT2D eigenvalue weighted by molar-refractivity contribution is 0.182. The third-order valence-corrected chi connectivity index (χ3v) is 2.75. The first kappa shape index (κ1) is 12.3. The van der Waals surface area contributed by atoms with Crippen LogP contribution in [0.2, 0.25) is 0 Å². The van der Waals surface area contributed by atoms with E-state index in [-0.39, 0.29) is 5.54 Å². The van der Waals surface area contributed by atoms with Gasteiger partial charge in [0.25, 0.3) is 0 Å². The molecule has 0 aromatic rings. The molecule has 0 spiro atoms. The number of hydrogen-bond donors (Lipinski definition) is 2. The first-order valence-corrected chi connectivity index (χ1v) is 5.60. The van der Waals surface area contributed by atoms with E-state index in [4.69, 9.17) is 10.5 Å². The molecule has 0 fully saturated rings. The highest BCUT2D eigenvalue weighted by Crippen LogP contribution is 2.25. The summed E-state index contributed by atoms with van der Waals surface area (Å²) in [7, 11) is 1.74. The number of nitrogens with one attached hydrogen (secondary N) is 1. The summed E-state index contributed by atoms with van der Waals surface area (Å²) in [6.07, 6.45) is 9.28. The Hall–Kier alpha value is -0.800. The maximum absolute atomic E-state index is 5.88. The van der Waals surface area contributed by atoms with E-state index in [1.807, 2.05) is 12.2 Å². The summed E-state index contributed by atoms with van der Waals surface area (Å²) in [5.41, 5.74) is 6.89. The number of rotatable bonds is 6. The second-order valence-corrected chi connectivity index (χ2v) is 4.06. The molecule has 0 heterocycles. The standard InChI is InChI=1S/C12H22N2O/c1-3-14-12(8-5-9-15-2)7-4-6-11(13)10-12/h4,6-7,14H,3,5,8-10,13H2,1-2H3. The van der Waals surface area contributed by atoms with Gasteiger partial charge in [-0.15, -0.1) is 0 Å². The number of likely N-dealkylation sites (N-methyl/N-ethyl adjacent to an activating group) is 1. The topological polar surface area (TPSA) is 47.3 Å². The molecule has 1 unspecified atom stereocenters. The molecule has 15 heavy (non-hydrogen) atoms. The molecule has 0 aromatic carbocycles. The normalized spacial score (nSPS) is 25.3. The zero-order valence-electron chi connectivity index (χ0n) is 9.75. The number of hydrogen-bond acceptors (Lipinski definition) is 3. The van der Waals surface area contributed by atoms with Crippen LogP contribution in [0.4, 0.5) is 0 Å². The van der Waals surface area contributed by atoms with Gasteiger partial charge in [0.2, 0.25) is 0 Å². The van der Waals surface area contributed by atoms with E-state index in [9.17, 15) is 0 Å². The highest BCUT2D eigenvalue weighted by Gasteiger charge is 2.27. The van der Waals surface area contributed by atoms with E-state index >= 15 is 0 Å². The van der Waals surface area contributed by atoms with E-state index in [0.717, 1.165) is 38.1 Å². The summed E-state index contributed by atoms with van der Waals surface area (Å²) in [4.78, 5) is 0. The molecule has 0 bridgehead atoms. The zero-order valence-corrected chi connectivity index (χ0v) is 9.75. The van der Waals surface area contributed by atoms with Gasteiger partial charge in [0, 0.05) is 31.4 Å². The minimum absolute atomic E-state index is 0.0477. The van der Waals surface area contributed by atoms with Crippen LogP contribution in [0.1, 0.15) is 26.2 Å². The third kappa shape index (κ3) is 3.68. The molecule has 0 radical (unpaired) electrons. The Morgan fingerprint density at radius 3 is 3.00 bits per heavy atom. The van der Waals surface area contributed by atoms with Crippen molar-refractivity contribution < 1.29 is 4.74 Å². The molecule has 3 heteroatoms. The van der Waals surface area contributed by atoms with E-state index in [0.29, 0.717) is 0 Å². The van der Waals surface area contributed by atoms with Crippen LogP contribution in [0, 0.1) is 0 Å². The molecular formula is C12H22N2O. The Balaban J connectivity index is 2.55. The SMILES string of the molecule is CCNC1(CCCOC)C=CC=C(N)C1. The molecule has 0 aliphatic heterocycles. The Morgan fingerprint density at radius 1 is 1.60 bits per heavy atom. The van der Waals surface area contributed by atoms with Crippen molar-refractivity contribution >= 4 is 0 Å².